The van der Waals surface area contributed by atoms with Crippen molar-refractivity contribution in [3.8, 4) is 0 Å². The summed E-state index contributed by atoms with van der Waals surface area (Å²) in [6, 6.07) is 7.48. The van der Waals surface area contributed by atoms with E-state index in [1.807, 2.05) is 6.07 Å². The summed E-state index contributed by atoms with van der Waals surface area (Å²) in [5, 5.41) is 2.32. The quantitative estimate of drug-likeness (QED) is 0.676. The highest BCUT2D eigenvalue weighted by Crippen LogP contribution is 2.18. The third-order valence-electron chi connectivity index (χ3n) is 2.70. The van der Waals surface area contributed by atoms with E-state index in [0.717, 1.165) is 5.56 Å². The number of hydrogen-bond donors (Lipinski definition) is 1. The van der Waals surface area contributed by atoms with Gasteiger partial charge >= 0.3 is 0 Å². The van der Waals surface area contributed by atoms with Crippen molar-refractivity contribution in [3.63, 3.8) is 0 Å². The summed E-state index contributed by atoms with van der Waals surface area (Å²) >= 11 is 0. The molecule has 0 saturated carbocycles. The van der Waals surface area contributed by atoms with E-state index in [0.29, 0.717) is 6.04 Å². The van der Waals surface area contributed by atoms with Crippen molar-refractivity contribution in [2.45, 2.75) is 25.3 Å². The second-order valence-electron chi connectivity index (χ2n) is 3.68. The molecule has 1 fully saturated rings. The average Bonchev–Trinajstić information content (AvgIpc) is 2.19. The molecule has 0 amide bonds. The maximum Gasteiger partial charge on any atom is 0.123 e. The Morgan fingerprint density at radius 3 is 2.92 bits per heavy atom. The molecule has 1 heterocycles. The topological polar surface area (TPSA) is 16.6 Å². The van der Waals surface area contributed by atoms with Gasteiger partial charge in [0.15, 0.2) is 0 Å². The molecular formula is C11H15FN+. The number of halogens is 1. The van der Waals surface area contributed by atoms with Gasteiger partial charge in [0, 0.05) is 12.0 Å². The molecule has 70 valence electrons. The first-order valence-corrected chi connectivity index (χ1v) is 4.95. The summed E-state index contributed by atoms with van der Waals surface area (Å²) in [5.41, 5.74) is 1.14. The molecule has 2 N–H and O–H groups in total. The van der Waals surface area contributed by atoms with Crippen molar-refractivity contribution >= 4 is 0 Å². The molecule has 0 bridgehead atoms. The van der Waals surface area contributed by atoms with E-state index in [2.05, 4.69) is 5.32 Å². The number of benzene rings is 1. The standard InChI is InChI=1S/C11H14FN/c12-10-5-3-4-9(8-10)11-6-1-2-7-13-11/h3-5,8,11,13H,1-2,6-7H2/p+1/t11-/m1/s1. The molecule has 0 aromatic heterocycles. The van der Waals surface area contributed by atoms with Gasteiger partial charge in [0.25, 0.3) is 0 Å². The average molecular weight is 180 g/mol. The third kappa shape index (κ3) is 2.07. The monoisotopic (exact) mass is 180 g/mol. The molecule has 1 aromatic rings. The summed E-state index contributed by atoms with van der Waals surface area (Å²) < 4.78 is 12.9. The molecule has 1 atom stereocenters. The summed E-state index contributed by atoms with van der Waals surface area (Å²) in [6.45, 7) is 1.18. The maximum absolute atomic E-state index is 12.9. The highest BCUT2D eigenvalue weighted by atomic mass is 19.1. The van der Waals surface area contributed by atoms with Crippen molar-refractivity contribution in [2.24, 2.45) is 0 Å². The molecule has 1 aliphatic rings. The lowest BCUT2D eigenvalue weighted by atomic mass is 9.98. The van der Waals surface area contributed by atoms with Crippen LogP contribution in [-0.2, 0) is 0 Å². The van der Waals surface area contributed by atoms with Crippen LogP contribution < -0.4 is 5.32 Å². The minimum atomic E-state index is -0.114. The Labute approximate surface area is 78.0 Å². The van der Waals surface area contributed by atoms with E-state index in [1.165, 1.54) is 31.9 Å². The molecule has 1 nitrogen and oxygen atoms in total. The number of quaternary nitrogens is 1. The number of rotatable bonds is 1. The van der Waals surface area contributed by atoms with Crippen molar-refractivity contribution in [2.75, 3.05) is 6.54 Å². The number of nitrogens with two attached hydrogens (primary N) is 1. The van der Waals surface area contributed by atoms with Gasteiger partial charge in [-0.05, 0) is 25.0 Å². The van der Waals surface area contributed by atoms with Gasteiger partial charge in [0.05, 0.1) is 6.54 Å². The molecule has 13 heavy (non-hydrogen) atoms. The first-order valence-electron chi connectivity index (χ1n) is 4.95. The van der Waals surface area contributed by atoms with Gasteiger partial charge in [-0.3, -0.25) is 0 Å². The van der Waals surface area contributed by atoms with Crippen molar-refractivity contribution < 1.29 is 9.71 Å². The van der Waals surface area contributed by atoms with Crippen molar-refractivity contribution in [1.29, 1.82) is 0 Å². The lowest BCUT2D eigenvalue weighted by molar-refractivity contribution is -0.704. The second-order valence-corrected chi connectivity index (χ2v) is 3.68. The van der Waals surface area contributed by atoms with E-state index in [-0.39, 0.29) is 5.82 Å². The molecule has 1 saturated heterocycles. The zero-order chi connectivity index (χ0) is 9.10. The van der Waals surface area contributed by atoms with Crippen LogP contribution in [0.25, 0.3) is 0 Å². The van der Waals surface area contributed by atoms with Crippen LogP contribution in [-0.4, -0.2) is 6.54 Å². The van der Waals surface area contributed by atoms with E-state index in [4.69, 9.17) is 0 Å². The van der Waals surface area contributed by atoms with Crippen LogP contribution in [0.15, 0.2) is 24.3 Å². The predicted octanol–water partition coefficient (Wildman–Crippen LogP) is 1.61. The first kappa shape index (κ1) is 8.70. The molecule has 0 spiro atoms. The molecule has 2 rings (SSSR count). The highest BCUT2D eigenvalue weighted by Gasteiger charge is 2.18. The van der Waals surface area contributed by atoms with Crippen LogP contribution >= 0.6 is 0 Å². The summed E-state index contributed by atoms with van der Waals surface area (Å²) in [4.78, 5) is 0. The van der Waals surface area contributed by atoms with Crippen molar-refractivity contribution in [1.82, 2.24) is 0 Å². The Balaban J connectivity index is 2.14. The number of hydrogen-bond acceptors (Lipinski definition) is 0. The van der Waals surface area contributed by atoms with Gasteiger partial charge in [0.2, 0.25) is 0 Å². The molecule has 1 aliphatic heterocycles. The SMILES string of the molecule is Fc1cccc([C@H]2CCCC[NH2+]2)c1. The van der Waals surface area contributed by atoms with Gasteiger partial charge in [-0.1, -0.05) is 12.1 Å². The van der Waals surface area contributed by atoms with Gasteiger partial charge in [0.1, 0.15) is 11.9 Å². The molecule has 1 aromatic carbocycles. The lowest BCUT2D eigenvalue weighted by Gasteiger charge is -2.20. The molecule has 0 radical (unpaired) electrons. The van der Waals surface area contributed by atoms with Gasteiger partial charge in [-0.25, -0.2) is 4.39 Å². The molecule has 2 heteroatoms. The van der Waals surface area contributed by atoms with Crippen LogP contribution in [0.4, 0.5) is 4.39 Å². The minimum Gasteiger partial charge on any atom is -0.340 e. The Morgan fingerprint density at radius 1 is 1.31 bits per heavy atom. The van der Waals surface area contributed by atoms with Crippen molar-refractivity contribution in [3.05, 3.63) is 35.6 Å². The Hall–Kier alpha value is -0.890. The Morgan fingerprint density at radius 2 is 2.23 bits per heavy atom. The van der Waals surface area contributed by atoms with E-state index in [9.17, 15) is 4.39 Å². The maximum atomic E-state index is 12.9. The summed E-state index contributed by atoms with van der Waals surface area (Å²) in [5.74, 6) is -0.114. The molecular weight excluding hydrogens is 165 g/mol. The van der Waals surface area contributed by atoms with E-state index >= 15 is 0 Å². The van der Waals surface area contributed by atoms with Gasteiger partial charge in [-0.2, -0.15) is 0 Å². The fraction of sp³-hybridized carbons (Fsp3) is 0.455. The van der Waals surface area contributed by atoms with Crippen LogP contribution in [0.5, 0.6) is 0 Å². The normalized spacial score (nSPS) is 23.0. The zero-order valence-corrected chi connectivity index (χ0v) is 7.67. The fourth-order valence-electron chi connectivity index (χ4n) is 1.99. The van der Waals surface area contributed by atoms with Crippen LogP contribution in [0.3, 0.4) is 0 Å². The Kier molecular flexibility index (Phi) is 2.60. The number of piperidine rings is 1. The van der Waals surface area contributed by atoms with Gasteiger partial charge in [-0.15, -0.1) is 0 Å². The van der Waals surface area contributed by atoms with Crippen LogP contribution in [0.1, 0.15) is 30.9 Å². The van der Waals surface area contributed by atoms with E-state index in [1.54, 1.807) is 12.1 Å². The largest absolute Gasteiger partial charge is 0.340 e. The summed E-state index contributed by atoms with van der Waals surface area (Å²) in [6.07, 6.45) is 3.76. The zero-order valence-electron chi connectivity index (χ0n) is 7.67. The van der Waals surface area contributed by atoms with E-state index < -0.39 is 0 Å². The smallest absolute Gasteiger partial charge is 0.123 e. The molecule has 0 aliphatic carbocycles. The molecule has 0 unspecified atom stereocenters. The first-order chi connectivity index (χ1) is 6.36. The Bertz CT molecular complexity index is 279. The highest BCUT2D eigenvalue weighted by molar-refractivity contribution is 5.18. The lowest BCUT2D eigenvalue weighted by Crippen LogP contribution is -2.86. The fourth-order valence-corrected chi connectivity index (χ4v) is 1.99. The second kappa shape index (κ2) is 3.88. The predicted molar refractivity (Wildman–Crippen MR) is 49.8 cm³/mol. The minimum absolute atomic E-state index is 0.114. The van der Waals surface area contributed by atoms with Gasteiger partial charge < -0.3 is 5.32 Å². The van der Waals surface area contributed by atoms with Crippen LogP contribution in [0.2, 0.25) is 0 Å². The van der Waals surface area contributed by atoms with Crippen LogP contribution in [0, 0.1) is 5.82 Å². The third-order valence-corrected chi connectivity index (χ3v) is 2.70. The summed E-state index contributed by atoms with van der Waals surface area (Å²) in [7, 11) is 0.